The third-order valence-corrected chi connectivity index (χ3v) is 5.48. The minimum Gasteiger partial charge on any atom is -0.370 e. The van der Waals surface area contributed by atoms with Gasteiger partial charge in [-0.2, -0.15) is 0 Å². The van der Waals surface area contributed by atoms with Crippen molar-refractivity contribution in [3.05, 3.63) is 53.2 Å². The molecule has 2 aromatic heterocycles. The summed E-state index contributed by atoms with van der Waals surface area (Å²) >= 11 is 0. The third kappa shape index (κ3) is 4.04. The summed E-state index contributed by atoms with van der Waals surface area (Å²) in [5, 5.41) is 3.91. The fraction of sp³-hybridized carbons (Fsp3) is 0.409. The molecular formula is C22H24F3N5. The lowest BCUT2D eigenvalue weighted by Crippen LogP contribution is -2.29. The van der Waals surface area contributed by atoms with Gasteiger partial charge in [-0.15, -0.1) is 0 Å². The third-order valence-electron chi connectivity index (χ3n) is 5.48. The van der Waals surface area contributed by atoms with Crippen LogP contribution >= 0.6 is 0 Å². The molecule has 8 heteroatoms. The van der Waals surface area contributed by atoms with E-state index in [1.54, 1.807) is 13.8 Å². The average Bonchev–Trinajstić information content (AvgIpc) is 2.74. The van der Waals surface area contributed by atoms with Crippen LogP contribution in [0.2, 0.25) is 0 Å². The molecule has 0 unspecified atom stereocenters. The second-order valence-corrected chi connectivity index (χ2v) is 7.65. The summed E-state index contributed by atoms with van der Waals surface area (Å²) in [5.74, 6) is 0.144. The van der Waals surface area contributed by atoms with Gasteiger partial charge < -0.3 is 10.2 Å². The summed E-state index contributed by atoms with van der Waals surface area (Å²) in [6.07, 6.45) is 2.47. The number of halogens is 3. The highest BCUT2D eigenvalue weighted by atomic mass is 19.3. The number of pyridine rings is 1. The minimum atomic E-state index is -2.87. The molecule has 158 valence electrons. The highest BCUT2D eigenvalue weighted by molar-refractivity contribution is 5.89. The zero-order valence-electron chi connectivity index (χ0n) is 17.0. The number of hydrogen-bond donors (Lipinski definition) is 1. The average molecular weight is 415 g/mol. The number of aromatic nitrogens is 3. The molecule has 0 amide bonds. The topological polar surface area (TPSA) is 53.9 Å². The van der Waals surface area contributed by atoms with Crippen LogP contribution in [-0.2, 0) is 0 Å². The van der Waals surface area contributed by atoms with Gasteiger partial charge in [-0.1, -0.05) is 18.2 Å². The largest absolute Gasteiger partial charge is 0.370 e. The van der Waals surface area contributed by atoms with Crippen LogP contribution in [0.3, 0.4) is 0 Å². The van der Waals surface area contributed by atoms with Crippen LogP contribution in [0.4, 0.5) is 24.7 Å². The Morgan fingerprint density at radius 1 is 1.07 bits per heavy atom. The van der Waals surface area contributed by atoms with E-state index >= 15 is 0 Å². The van der Waals surface area contributed by atoms with Crippen molar-refractivity contribution in [3.63, 3.8) is 0 Å². The van der Waals surface area contributed by atoms with Crippen molar-refractivity contribution in [1.82, 2.24) is 15.0 Å². The van der Waals surface area contributed by atoms with E-state index in [0.717, 1.165) is 43.1 Å². The molecular weight excluding hydrogens is 391 g/mol. The maximum absolute atomic E-state index is 14.6. The Balaban J connectivity index is 1.70. The Labute approximate surface area is 173 Å². The van der Waals surface area contributed by atoms with Gasteiger partial charge in [0.15, 0.2) is 5.65 Å². The van der Waals surface area contributed by atoms with Crippen molar-refractivity contribution in [2.24, 2.45) is 0 Å². The summed E-state index contributed by atoms with van der Waals surface area (Å²) in [4.78, 5) is 15.7. The predicted octanol–water partition coefficient (Wildman–Crippen LogP) is 5.57. The lowest BCUT2D eigenvalue weighted by molar-refractivity contribution is 0.146. The zero-order valence-corrected chi connectivity index (χ0v) is 17.0. The van der Waals surface area contributed by atoms with E-state index in [9.17, 15) is 13.2 Å². The molecule has 0 spiro atoms. The summed E-state index contributed by atoms with van der Waals surface area (Å²) < 4.78 is 40.8. The summed E-state index contributed by atoms with van der Waals surface area (Å²) in [6.45, 7) is 5.43. The quantitative estimate of drug-likeness (QED) is 0.590. The van der Waals surface area contributed by atoms with Gasteiger partial charge in [-0.05, 0) is 39.2 Å². The maximum atomic E-state index is 14.6. The minimum absolute atomic E-state index is 0.164. The summed E-state index contributed by atoms with van der Waals surface area (Å²) in [7, 11) is 0. The molecule has 1 aromatic carbocycles. The molecule has 0 radical (unpaired) electrons. The van der Waals surface area contributed by atoms with Crippen molar-refractivity contribution in [1.29, 1.82) is 0 Å². The summed E-state index contributed by atoms with van der Waals surface area (Å²) in [6, 6.07) is 5.48. The maximum Gasteiger partial charge on any atom is 0.266 e. The number of aryl methyl sites for hydroxylation is 1. The molecule has 1 aliphatic rings. The van der Waals surface area contributed by atoms with Gasteiger partial charge in [0, 0.05) is 18.7 Å². The first kappa shape index (κ1) is 20.4. The Hall–Kier alpha value is -2.90. The number of hydrogen-bond acceptors (Lipinski definition) is 5. The molecule has 1 fully saturated rings. The lowest BCUT2D eigenvalue weighted by atomic mass is 10.0. The van der Waals surface area contributed by atoms with Crippen LogP contribution in [0, 0.1) is 12.7 Å². The van der Waals surface area contributed by atoms with E-state index in [-0.39, 0.29) is 5.56 Å². The second-order valence-electron chi connectivity index (χ2n) is 7.65. The predicted molar refractivity (Wildman–Crippen MR) is 112 cm³/mol. The van der Waals surface area contributed by atoms with Gasteiger partial charge in [0.2, 0.25) is 0 Å². The number of fused-ring (bicyclic) bond motifs is 1. The lowest BCUT2D eigenvalue weighted by Gasteiger charge is -2.28. The van der Waals surface area contributed by atoms with Crippen LogP contribution in [0.1, 0.15) is 55.6 Å². The van der Waals surface area contributed by atoms with Crippen LogP contribution in [0.5, 0.6) is 0 Å². The van der Waals surface area contributed by atoms with Gasteiger partial charge in [0.1, 0.15) is 17.5 Å². The highest BCUT2D eigenvalue weighted by Crippen LogP contribution is 2.31. The number of rotatable bonds is 5. The van der Waals surface area contributed by atoms with Crippen molar-refractivity contribution in [3.8, 4) is 0 Å². The molecule has 1 saturated heterocycles. The SMILES string of the molecule is Cc1nc(N[C@H](C)c2cccc(C(F)F)c2F)c2cc(N3CCCCC3)cnc2n1. The Bertz CT molecular complexity index is 1050. The molecule has 1 atom stereocenters. The van der Waals surface area contributed by atoms with Crippen LogP contribution in [-0.4, -0.2) is 28.0 Å². The number of nitrogens with one attached hydrogen (secondary N) is 1. The van der Waals surface area contributed by atoms with Crippen molar-refractivity contribution in [2.75, 3.05) is 23.3 Å². The molecule has 4 rings (SSSR count). The molecule has 5 nitrogen and oxygen atoms in total. The van der Waals surface area contributed by atoms with E-state index in [1.165, 1.54) is 18.6 Å². The van der Waals surface area contributed by atoms with Gasteiger partial charge in [-0.3, -0.25) is 0 Å². The first-order valence-electron chi connectivity index (χ1n) is 10.2. The van der Waals surface area contributed by atoms with Gasteiger partial charge in [0.25, 0.3) is 6.43 Å². The molecule has 3 heterocycles. The number of benzene rings is 1. The molecule has 0 bridgehead atoms. The van der Waals surface area contributed by atoms with E-state index in [0.29, 0.717) is 17.3 Å². The highest BCUT2D eigenvalue weighted by Gasteiger charge is 2.21. The van der Waals surface area contributed by atoms with Crippen molar-refractivity contribution >= 4 is 22.5 Å². The smallest absolute Gasteiger partial charge is 0.266 e. The fourth-order valence-corrected chi connectivity index (χ4v) is 3.90. The number of nitrogens with zero attached hydrogens (tertiary/aromatic N) is 4. The number of alkyl halides is 2. The Morgan fingerprint density at radius 3 is 2.53 bits per heavy atom. The van der Waals surface area contributed by atoms with E-state index < -0.39 is 23.8 Å². The van der Waals surface area contributed by atoms with Crippen LogP contribution < -0.4 is 10.2 Å². The van der Waals surface area contributed by atoms with Gasteiger partial charge >= 0.3 is 0 Å². The number of piperidine rings is 1. The molecule has 0 aliphatic carbocycles. The van der Waals surface area contributed by atoms with E-state index in [1.807, 2.05) is 12.3 Å². The number of anilines is 2. The monoisotopic (exact) mass is 415 g/mol. The van der Waals surface area contributed by atoms with E-state index in [4.69, 9.17) is 0 Å². The molecule has 30 heavy (non-hydrogen) atoms. The molecule has 3 aromatic rings. The fourth-order valence-electron chi connectivity index (χ4n) is 3.90. The van der Waals surface area contributed by atoms with Crippen LogP contribution in [0.15, 0.2) is 30.5 Å². The van der Waals surface area contributed by atoms with Crippen molar-refractivity contribution in [2.45, 2.75) is 45.6 Å². The molecule has 1 N–H and O–H groups in total. The second kappa shape index (κ2) is 8.45. The first-order chi connectivity index (χ1) is 14.4. The van der Waals surface area contributed by atoms with Crippen molar-refractivity contribution < 1.29 is 13.2 Å². The Morgan fingerprint density at radius 2 is 1.80 bits per heavy atom. The van der Waals surface area contributed by atoms with Gasteiger partial charge in [0.05, 0.1) is 28.9 Å². The first-order valence-corrected chi connectivity index (χ1v) is 10.2. The Kier molecular flexibility index (Phi) is 5.74. The standard InChI is InChI=1S/C22H24F3N5/c1-13(16-7-6-8-17(19(16)23)20(24)25)27-22-18-11-15(30-9-4-3-5-10-30)12-26-21(18)28-14(2)29-22/h6-8,11-13,20H,3-5,9-10H2,1-2H3,(H,26,27,28,29)/t13-/m1/s1. The van der Waals surface area contributed by atoms with Crippen LogP contribution in [0.25, 0.3) is 11.0 Å². The molecule has 0 saturated carbocycles. The van der Waals surface area contributed by atoms with Gasteiger partial charge in [-0.25, -0.2) is 28.1 Å². The normalized spacial score (nSPS) is 15.6. The van der Waals surface area contributed by atoms with E-state index in [2.05, 4.69) is 25.2 Å². The zero-order chi connectivity index (χ0) is 21.3. The molecule has 1 aliphatic heterocycles. The summed E-state index contributed by atoms with van der Waals surface area (Å²) in [5.41, 5.74) is 1.10.